The van der Waals surface area contributed by atoms with Crippen molar-refractivity contribution in [3.8, 4) is 11.3 Å². The van der Waals surface area contributed by atoms with Gasteiger partial charge in [-0.1, -0.05) is 48.9 Å². The van der Waals surface area contributed by atoms with E-state index < -0.39 is 0 Å². The molecule has 0 unspecified atom stereocenters. The molecule has 7 nitrogen and oxygen atoms in total. The Bertz CT molecular complexity index is 1070. The third kappa shape index (κ3) is 5.35. The fraction of sp³-hybridized carbons (Fsp3) is 0.320. The van der Waals surface area contributed by atoms with Crippen LogP contribution in [0.25, 0.3) is 11.3 Å². The topological polar surface area (TPSA) is 85.4 Å². The van der Waals surface area contributed by atoms with Crippen LogP contribution >= 0.6 is 0 Å². The molecule has 0 aliphatic heterocycles. The van der Waals surface area contributed by atoms with E-state index in [2.05, 4.69) is 37.7 Å². The van der Waals surface area contributed by atoms with Crippen molar-refractivity contribution in [3.63, 3.8) is 0 Å². The van der Waals surface area contributed by atoms with Gasteiger partial charge in [-0.25, -0.2) is 4.98 Å². The van der Waals surface area contributed by atoms with Gasteiger partial charge in [0.2, 0.25) is 5.91 Å². The molecule has 1 amide bonds. The second-order valence-corrected chi connectivity index (χ2v) is 8.18. The van der Waals surface area contributed by atoms with Crippen molar-refractivity contribution < 1.29 is 4.79 Å². The minimum Gasteiger partial charge on any atom is -0.352 e. The summed E-state index contributed by atoms with van der Waals surface area (Å²) in [7, 11) is 3.75. The predicted molar refractivity (Wildman–Crippen MR) is 128 cm³/mol. The lowest BCUT2D eigenvalue weighted by Gasteiger charge is -2.24. The normalized spacial score (nSPS) is 14.0. The molecule has 1 saturated carbocycles. The fourth-order valence-electron chi connectivity index (χ4n) is 3.75. The van der Waals surface area contributed by atoms with Crippen LogP contribution in [-0.2, 0) is 17.9 Å². The largest absolute Gasteiger partial charge is 0.352 e. The average Bonchev–Trinajstić information content (AvgIpc) is 3.22. The molecule has 1 aliphatic carbocycles. The van der Waals surface area contributed by atoms with E-state index in [0.29, 0.717) is 13.1 Å². The second kappa shape index (κ2) is 10.1. The van der Waals surface area contributed by atoms with Crippen LogP contribution in [0.2, 0.25) is 0 Å². The molecule has 0 radical (unpaired) electrons. The zero-order valence-corrected chi connectivity index (χ0v) is 18.6. The Morgan fingerprint density at radius 1 is 1.19 bits per heavy atom. The number of nitrogens with zero attached hydrogens (tertiary/aromatic N) is 3. The van der Waals surface area contributed by atoms with E-state index in [4.69, 9.17) is 0 Å². The van der Waals surface area contributed by atoms with Crippen LogP contribution in [0.4, 0.5) is 5.69 Å². The van der Waals surface area contributed by atoms with E-state index in [1.165, 1.54) is 0 Å². The fourth-order valence-corrected chi connectivity index (χ4v) is 3.75. The van der Waals surface area contributed by atoms with Crippen molar-refractivity contribution >= 4 is 17.6 Å². The van der Waals surface area contributed by atoms with Crippen LogP contribution in [0.3, 0.4) is 0 Å². The van der Waals surface area contributed by atoms with Crippen LogP contribution in [0.1, 0.15) is 30.7 Å². The van der Waals surface area contributed by atoms with E-state index in [1.807, 2.05) is 60.6 Å². The monoisotopic (exact) mass is 430 g/mol. The van der Waals surface area contributed by atoms with Crippen LogP contribution in [0, 0.1) is 5.92 Å². The number of aliphatic imine (C=N–C) groups is 1. The molecule has 3 N–H and O–H groups in total. The van der Waals surface area contributed by atoms with Crippen molar-refractivity contribution in [3.05, 3.63) is 72.2 Å². The lowest BCUT2D eigenvalue weighted by molar-refractivity contribution is -0.122. The number of aromatic nitrogens is 2. The number of benzene rings is 2. The average molecular weight is 431 g/mol. The van der Waals surface area contributed by atoms with Crippen LogP contribution in [0.15, 0.2) is 65.8 Å². The molecule has 1 heterocycles. The first-order chi connectivity index (χ1) is 15.6. The highest BCUT2D eigenvalue weighted by Crippen LogP contribution is 2.27. The number of hydrogen-bond donors (Lipinski definition) is 3. The summed E-state index contributed by atoms with van der Waals surface area (Å²) < 4.78 is 0. The maximum atomic E-state index is 12.2. The van der Waals surface area contributed by atoms with Gasteiger partial charge in [0.1, 0.15) is 5.82 Å². The van der Waals surface area contributed by atoms with Gasteiger partial charge in [0.15, 0.2) is 5.96 Å². The highest BCUT2D eigenvalue weighted by atomic mass is 16.1. The van der Waals surface area contributed by atoms with Gasteiger partial charge in [-0.2, -0.15) is 0 Å². The van der Waals surface area contributed by atoms with Crippen molar-refractivity contribution in [2.75, 3.05) is 19.4 Å². The summed E-state index contributed by atoms with van der Waals surface area (Å²) in [6.07, 6.45) is 5.01. The number of carbonyl (C=O) groups is 1. The molecule has 3 aromatic rings. The molecule has 0 spiro atoms. The van der Waals surface area contributed by atoms with Gasteiger partial charge in [0.25, 0.3) is 0 Å². The molecule has 2 aromatic carbocycles. The number of guanidine groups is 1. The highest BCUT2D eigenvalue weighted by Gasteiger charge is 2.25. The minimum absolute atomic E-state index is 0.130. The molecular weight excluding hydrogens is 400 g/mol. The van der Waals surface area contributed by atoms with Gasteiger partial charge >= 0.3 is 0 Å². The number of amides is 1. The molecular formula is C25H30N6O. The van der Waals surface area contributed by atoms with Crippen LogP contribution in [-0.4, -0.2) is 40.8 Å². The number of hydrogen-bond acceptors (Lipinski definition) is 3. The number of aromatic amines is 1. The van der Waals surface area contributed by atoms with Crippen LogP contribution < -0.4 is 10.6 Å². The van der Waals surface area contributed by atoms with E-state index in [0.717, 1.165) is 53.6 Å². The molecule has 32 heavy (non-hydrogen) atoms. The Kier molecular flexibility index (Phi) is 6.84. The van der Waals surface area contributed by atoms with Gasteiger partial charge in [-0.05, 0) is 36.1 Å². The third-order valence-corrected chi connectivity index (χ3v) is 5.79. The Balaban J connectivity index is 1.32. The van der Waals surface area contributed by atoms with Crippen LogP contribution in [0.5, 0.6) is 0 Å². The summed E-state index contributed by atoms with van der Waals surface area (Å²) in [5.74, 6) is 1.94. The minimum atomic E-state index is 0.130. The first kappa shape index (κ1) is 21.6. The second-order valence-electron chi connectivity index (χ2n) is 8.18. The summed E-state index contributed by atoms with van der Waals surface area (Å²) in [6.45, 7) is 1.21. The summed E-state index contributed by atoms with van der Waals surface area (Å²) in [5.41, 5.74) is 4.03. The molecule has 7 heteroatoms. The molecule has 1 aromatic heterocycles. The van der Waals surface area contributed by atoms with E-state index in [-0.39, 0.29) is 11.8 Å². The first-order valence-electron chi connectivity index (χ1n) is 11.0. The van der Waals surface area contributed by atoms with Gasteiger partial charge in [-0.3, -0.25) is 9.79 Å². The quantitative estimate of drug-likeness (QED) is 0.390. The van der Waals surface area contributed by atoms with E-state index >= 15 is 0 Å². The van der Waals surface area contributed by atoms with Crippen molar-refractivity contribution in [2.24, 2.45) is 10.9 Å². The van der Waals surface area contributed by atoms with E-state index in [9.17, 15) is 4.79 Å². The number of carbonyl (C=O) groups excluding carboxylic acids is 1. The zero-order valence-electron chi connectivity index (χ0n) is 18.6. The number of nitrogens with one attached hydrogen (secondary N) is 3. The third-order valence-electron chi connectivity index (χ3n) is 5.79. The summed E-state index contributed by atoms with van der Waals surface area (Å²) >= 11 is 0. The van der Waals surface area contributed by atoms with Gasteiger partial charge in [0.05, 0.1) is 18.4 Å². The summed E-state index contributed by atoms with van der Waals surface area (Å²) in [6, 6.07) is 18.1. The smallest absolute Gasteiger partial charge is 0.227 e. The Morgan fingerprint density at radius 3 is 2.72 bits per heavy atom. The predicted octanol–water partition coefficient (Wildman–Crippen LogP) is 4.02. The first-order valence-corrected chi connectivity index (χ1v) is 11.0. The standard InChI is InChI=1S/C25H30N6O/c1-26-25(31(2)17-23-27-16-22(30-23)19-9-4-3-5-10-19)28-15-18-8-6-13-21(14-18)29-24(32)20-11-7-12-20/h3-6,8-10,13-14,16,20H,7,11-12,15,17H2,1-2H3,(H,26,28)(H,27,30)(H,29,32). The lowest BCUT2D eigenvalue weighted by Crippen LogP contribution is -2.38. The molecule has 0 bridgehead atoms. The Hall–Kier alpha value is -3.61. The number of imidazole rings is 1. The van der Waals surface area contributed by atoms with Crippen molar-refractivity contribution in [1.29, 1.82) is 0 Å². The number of H-pyrrole nitrogens is 1. The molecule has 0 saturated heterocycles. The Labute approximate surface area is 189 Å². The molecule has 1 aliphatic rings. The lowest BCUT2D eigenvalue weighted by atomic mass is 9.85. The van der Waals surface area contributed by atoms with Gasteiger partial charge in [-0.15, -0.1) is 0 Å². The Morgan fingerprint density at radius 2 is 2.00 bits per heavy atom. The molecule has 0 atom stereocenters. The number of anilines is 1. The number of rotatable bonds is 7. The molecule has 4 rings (SSSR count). The maximum Gasteiger partial charge on any atom is 0.227 e. The van der Waals surface area contributed by atoms with Crippen molar-refractivity contribution in [2.45, 2.75) is 32.4 Å². The zero-order chi connectivity index (χ0) is 22.3. The van der Waals surface area contributed by atoms with Gasteiger partial charge in [0, 0.05) is 32.2 Å². The van der Waals surface area contributed by atoms with Crippen molar-refractivity contribution in [1.82, 2.24) is 20.2 Å². The highest BCUT2D eigenvalue weighted by molar-refractivity contribution is 5.93. The summed E-state index contributed by atoms with van der Waals surface area (Å²) in [5, 5.41) is 6.43. The van der Waals surface area contributed by atoms with Gasteiger partial charge < -0.3 is 20.5 Å². The molecule has 166 valence electrons. The summed E-state index contributed by atoms with van der Waals surface area (Å²) in [4.78, 5) is 26.5. The maximum absolute atomic E-state index is 12.2. The SMILES string of the molecule is CN=C(NCc1cccc(NC(=O)C2CCC2)c1)N(C)Cc1ncc(-c2ccccc2)[nH]1. The van der Waals surface area contributed by atoms with E-state index in [1.54, 1.807) is 7.05 Å². The molecule has 1 fully saturated rings.